The van der Waals surface area contributed by atoms with Crippen LogP contribution in [0, 0.1) is 0 Å². The van der Waals surface area contributed by atoms with E-state index in [-0.39, 0.29) is 5.78 Å². The van der Waals surface area contributed by atoms with Crippen molar-refractivity contribution < 1.29 is 4.79 Å². The van der Waals surface area contributed by atoms with Crippen LogP contribution in [0.4, 0.5) is 0 Å². The molecule has 0 aliphatic rings. The highest BCUT2D eigenvalue weighted by Crippen LogP contribution is 2.33. The van der Waals surface area contributed by atoms with E-state index < -0.39 is 0 Å². The van der Waals surface area contributed by atoms with Gasteiger partial charge in [0, 0.05) is 17.7 Å². The highest BCUT2D eigenvalue weighted by atomic mass is 16.1. The average Bonchev–Trinajstić information content (AvgIpc) is 3.14. The third kappa shape index (κ3) is 3.65. The summed E-state index contributed by atoms with van der Waals surface area (Å²) >= 11 is 0. The molecule has 0 aliphatic heterocycles. The molecule has 28 heavy (non-hydrogen) atoms. The van der Waals surface area contributed by atoms with Gasteiger partial charge in [-0.3, -0.25) is 9.48 Å². The van der Waals surface area contributed by atoms with Crippen molar-refractivity contribution in [2.45, 2.75) is 19.9 Å². The quantitative estimate of drug-likeness (QED) is 0.413. The number of benzene rings is 3. The minimum atomic E-state index is 0.0312. The Balaban J connectivity index is 1.85. The number of aromatic nitrogens is 2. The first-order valence-corrected chi connectivity index (χ1v) is 9.50. The lowest BCUT2D eigenvalue weighted by molar-refractivity contribution is 0.101. The predicted octanol–water partition coefficient (Wildman–Crippen LogP) is 5.66. The second-order valence-electron chi connectivity index (χ2n) is 6.82. The van der Waals surface area contributed by atoms with E-state index in [1.54, 1.807) is 6.92 Å². The van der Waals surface area contributed by atoms with Gasteiger partial charge in [-0.1, -0.05) is 91.0 Å². The zero-order chi connectivity index (χ0) is 19.3. The first kappa shape index (κ1) is 17.9. The van der Waals surface area contributed by atoms with Gasteiger partial charge in [-0.05, 0) is 18.9 Å². The van der Waals surface area contributed by atoms with Crippen molar-refractivity contribution in [3.05, 3.63) is 102 Å². The summed E-state index contributed by atoms with van der Waals surface area (Å²) in [6.45, 7) is 2.33. The molecule has 0 radical (unpaired) electrons. The zero-order valence-electron chi connectivity index (χ0n) is 15.9. The summed E-state index contributed by atoms with van der Waals surface area (Å²) in [7, 11) is 0. The Hall–Kier alpha value is -3.46. The maximum atomic E-state index is 12.7. The lowest BCUT2D eigenvalue weighted by Gasteiger charge is -2.09. The molecule has 0 saturated heterocycles. The maximum absolute atomic E-state index is 12.7. The molecule has 0 unspecified atom stereocenters. The minimum Gasteiger partial charge on any atom is -0.294 e. The fraction of sp³-hybridized carbons (Fsp3) is 0.120. The van der Waals surface area contributed by atoms with Crippen molar-refractivity contribution in [3.63, 3.8) is 0 Å². The van der Waals surface area contributed by atoms with Crippen molar-refractivity contribution in [1.82, 2.24) is 9.78 Å². The number of Topliss-reactive ketones (excluding diaryl/α,β-unsaturated/α-hetero) is 1. The molecule has 0 bridgehead atoms. The number of rotatable bonds is 6. The predicted molar refractivity (Wildman–Crippen MR) is 113 cm³/mol. The number of carbonyl (C=O) groups excluding carboxylic acids is 1. The van der Waals surface area contributed by atoms with Crippen molar-refractivity contribution in [1.29, 1.82) is 0 Å². The first-order chi connectivity index (χ1) is 13.7. The Morgan fingerprint density at radius 2 is 1.32 bits per heavy atom. The molecule has 0 saturated carbocycles. The lowest BCUT2D eigenvalue weighted by Crippen LogP contribution is -2.06. The maximum Gasteiger partial charge on any atom is 0.164 e. The van der Waals surface area contributed by atoms with E-state index in [1.807, 2.05) is 83.5 Å². The fourth-order valence-electron chi connectivity index (χ4n) is 3.52. The van der Waals surface area contributed by atoms with E-state index >= 15 is 0 Å². The molecule has 4 aromatic rings. The molecule has 1 aromatic heterocycles. The highest BCUT2D eigenvalue weighted by molar-refractivity contribution is 6.05. The summed E-state index contributed by atoms with van der Waals surface area (Å²) in [4.78, 5) is 12.7. The highest BCUT2D eigenvalue weighted by Gasteiger charge is 2.23. The van der Waals surface area contributed by atoms with Crippen molar-refractivity contribution in [2.75, 3.05) is 0 Å². The number of nitrogens with zero attached hydrogens (tertiary/aromatic N) is 2. The molecule has 0 spiro atoms. The van der Waals surface area contributed by atoms with Gasteiger partial charge >= 0.3 is 0 Å². The van der Waals surface area contributed by atoms with Crippen LogP contribution < -0.4 is 0 Å². The minimum absolute atomic E-state index is 0.0312. The van der Waals surface area contributed by atoms with Gasteiger partial charge in [0.2, 0.25) is 0 Å². The standard InChI is InChI=1S/C25H22N2O/c1-19(28)23-24(21-13-7-3-8-14-21)26-27(18-17-20-11-5-2-6-12-20)25(23)22-15-9-4-10-16-22/h2-16H,17-18H2,1H3. The van der Waals surface area contributed by atoms with E-state index in [2.05, 4.69) is 12.1 Å². The summed E-state index contributed by atoms with van der Waals surface area (Å²) < 4.78 is 1.99. The molecule has 3 aromatic carbocycles. The van der Waals surface area contributed by atoms with Crippen LogP contribution in [-0.2, 0) is 13.0 Å². The lowest BCUT2D eigenvalue weighted by atomic mass is 9.99. The number of hydrogen-bond donors (Lipinski definition) is 0. The molecule has 0 aliphatic carbocycles. The van der Waals surface area contributed by atoms with Crippen LogP contribution in [-0.4, -0.2) is 15.6 Å². The van der Waals surface area contributed by atoms with E-state index in [9.17, 15) is 4.79 Å². The molecular weight excluding hydrogens is 344 g/mol. The Labute approximate surface area is 165 Å². The smallest absolute Gasteiger partial charge is 0.164 e. The van der Waals surface area contributed by atoms with Gasteiger partial charge in [0.15, 0.2) is 5.78 Å². The molecule has 0 amide bonds. The Kier molecular flexibility index (Phi) is 5.16. The van der Waals surface area contributed by atoms with Crippen LogP contribution in [0.1, 0.15) is 22.8 Å². The van der Waals surface area contributed by atoms with Crippen LogP contribution in [0.15, 0.2) is 91.0 Å². The molecule has 3 nitrogen and oxygen atoms in total. The molecule has 0 fully saturated rings. The van der Waals surface area contributed by atoms with Gasteiger partial charge in [-0.2, -0.15) is 5.10 Å². The molecule has 4 rings (SSSR count). The topological polar surface area (TPSA) is 34.9 Å². The number of carbonyl (C=O) groups is 1. The van der Waals surface area contributed by atoms with E-state index in [1.165, 1.54) is 5.56 Å². The van der Waals surface area contributed by atoms with Crippen molar-refractivity contribution >= 4 is 5.78 Å². The molecular formula is C25H22N2O. The van der Waals surface area contributed by atoms with Crippen LogP contribution in [0.5, 0.6) is 0 Å². The molecule has 1 heterocycles. The van der Waals surface area contributed by atoms with Gasteiger partial charge in [0.1, 0.15) is 5.69 Å². The summed E-state index contributed by atoms with van der Waals surface area (Å²) in [6, 6.07) is 30.4. The summed E-state index contributed by atoms with van der Waals surface area (Å²) in [5.74, 6) is 0.0312. The van der Waals surface area contributed by atoms with Crippen molar-refractivity contribution in [2.24, 2.45) is 0 Å². The number of ketones is 1. The second kappa shape index (κ2) is 8.05. The second-order valence-corrected chi connectivity index (χ2v) is 6.82. The Morgan fingerprint density at radius 3 is 1.89 bits per heavy atom. The van der Waals surface area contributed by atoms with Gasteiger partial charge in [0.25, 0.3) is 0 Å². The SMILES string of the molecule is CC(=O)c1c(-c2ccccc2)nn(CCc2ccccc2)c1-c1ccccc1. The molecule has 0 atom stereocenters. The third-order valence-corrected chi connectivity index (χ3v) is 4.85. The molecule has 3 heteroatoms. The van der Waals surface area contributed by atoms with Crippen molar-refractivity contribution in [3.8, 4) is 22.5 Å². The van der Waals surface area contributed by atoms with Crippen LogP contribution >= 0.6 is 0 Å². The Bertz CT molecular complexity index is 1070. The monoisotopic (exact) mass is 366 g/mol. The van der Waals surface area contributed by atoms with Crippen LogP contribution in [0.2, 0.25) is 0 Å². The van der Waals surface area contributed by atoms with E-state index in [0.29, 0.717) is 12.1 Å². The van der Waals surface area contributed by atoms with Gasteiger partial charge in [0.05, 0.1) is 11.3 Å². The van der Waals surface area contributed by atoms with Gasteiger partial charge < -0.3 is 0 Å². The molecule has 138 valence electrons. The van der Waals surface area contributed by atoms with E-state index in [0.717, 1.165) is 28.9 Å². The molecule has 0 N–H and O–H groups in total. The van der Waals surface area contributed by atoms with Gasteiger partial charge in [-0.15, -0.1) is 0 Å². The third-order valence-electron chi connectivity index (χ3n) is 4.85. The van der Waals surface area contributed by atoms with Gasteiger partial charge in [-0.25, -0.2) is 0 Å². The summed E-state index contributed by atoms with van der Waals surface area (Å²) in [6.07, 6.45) is 0.855. The normalized spacial score (nSPS) is 10.8. The fourth-order valence-corrected chi connectivity index (χ4v) is 3.52. The summed E-state index contributed by atoms with van der Waals surface area (Å²) in [5, 5.41) is 4.89. The number of hydrogen-bond acceptors (Lipinski definition) is 2. The largest absolute Gasteiger partial charge is 0.294 e. The van der Waals surface area contributed by atoms with Crippen LogP contribution in [0.25, 0.3) is 22.5 Å². The average molecular weight is 366 g/mol. The number of aryl methyl sites for hydroxylation is 2. The van der Waals surface area contributed by atoms with Crippen LogP contribution in [0.3, 0.4) is 0 Å². The Morgan fingerprint density at radius 1 is 0.786 bits per heavy atom. The summed E-state index contributed by atoms with van der Waals surface area (Å²) in [5.41, 5.74) is 5.55. The zero-order valence-corrected chi connectivity index (χ0v) is 15.9. The first-order valence-electron chi connectivity index (χ1n) is 9.50. The van der Waals surface area contributed by atoms with E-state index in [4.69, 9.17) is 5.10 Å².